The van der Waals surface area contributed by atoms with E-state index in [1.54, 1.807) is 17.9 Å². The van der Waals surface area contributed by atoms with E-state index in [0.29, 0.717) is 32.5 Å². The zero-order valence-corrected chi connectivity index (χ0v) is 12.0. The molecule has 21 heavy (non-hydrogen) atoms. The fourth-order valence-corrected chi connectivity index (χ4v) is 2.46. The summed E-state index contributed by atoms with van der Waals surface area (Å²) in [5.74, 6) is -1.14. The lowest BCUT2D eigenvalue weighted by atomic mass is 9.96. The van der Waals surface area contributed by atoms with Gasteiger partial charge in [-0.25, -0.2) is 4.39 Å². The Morgan fingerprint density at radius 1 is 1.38 bits per heavy atom. The predicted molar refractivity (Wildman–Crippen MR) is 75.4 cm³/mol. The number of amides is 2. The Labute approximate surface area is 122 Å². The van der Waals surface area contributed by atoms with Crippen LogP contribution in [0.1, 0.15) is 30.1 Å². The van der Waals surface area contributed by atoms with Gasteiger partial charge in [0.25, 0.3) is 5.91 Å². The number of carbonyl (C=O) groups excluding carboxylic acids is 2. The number of carbonyl (C=O) groups is 2. The van der Waals surface area contributed by atoms with Crippen molar-refractivity contribution in [2.24, 2.45) is 11.7 Å². The summed E-state index contributed by atoms with van der Waals surface area (Å²) in [7, 11) is 0. The van der Waals surface area contributed by atoms with Gasteiger partial charge in [-0.05, 0) is 38.0 Å². The SMILES string of the molecule is CCOc1ccc(C(=O)N2CCC(C(N)=O)CC2)cc1F. The first-order valence-electron chi connectivity index (χ1n) is 7.04. The topological polar surface area (TPSA) is 72.6 Å². The van der Waals surface area contributed by atoms with Crippen molar-refractivity contribution in [2.75, 3.05) is 19.7 Å². The molecule has 1 aliphatic rings. The van der Waals surface area contributed by atoms with Crippen LogP contribution in [0.2, 0.25) is 0 Å². The van der Waals surface area contributed by atoms with Gasteiger partial charge in [0, 0.05) is 24.6 Å². The van der Waals surface area contributed by atoms with E-state index in [0.717, 1.165) is 0 Å². The highest BCUT2D eigenvalue weighted by atomic mass is 19.1. The first kappa shape index (κ1) is 15.3. The summed E-state index contributed by atoms with van der Waals surface area (Å²) in [5.41, 5.74) is 5.54. The van der Waals surface area contributed by atoms with E-state index >= 15 is 0 Å². The average molecular weight is 294 g/mol. The maximum Gasteiger partial charge on any atom is 0.253 e. The summed E-state index contributed by atoms with van der Waals surface area (Å²) < 4.78 is 18.9. The van der Waals surface area contributed by atoms with Gasteiger partial charge < -0.3 is 15.4 Å². The molecule has 1 aliphatic heterocycles. The lowest BCUT2D eigenvalue weighted by molar-refractivity contribution is -0.123. The Bertz CT molecular complexity index is 540. The van der Waals surface area contributed by atoms with Crippen LogP contribution in [0.15, 0.2) is 18.2 Å². The second-order valence-electron chi connectivity index (χ2n) is 5.05. The molecular formula is C15H19FN2O3. The summed E-state index contributed by atoms with van der Waals surface area (Å²) in [6, 6.07) is 4.20. The van der Waals surface area contributed by atoms with Gasteiger partial charge in [0.15, 0.2) is 11.6 Å². The molecule has 114 valence electrons. The molecule has 1 aromatic rings. The highest BCUT2D eigenvalue weighted by Gasteiger charge is 2.26. The minimum absolute atomic E-state index is 0.140. The van der Waals surface area contributed by atoms with Crippen LogP contribution in [-0.2, 0) is 4.79 Å². The molecule has 2 amide bonds. The molecule has 0 aliphatic carbocycles. The Balaban J connectivity index is 2.04. The van der Waals surface area contributed by atoms with Crippen molar-refractivity contribution in [2.45, 2.75) is 19.8 Å². The van der Waals surface area contributed by atoms with Crippen molar-refractivity contribution in [3.63, 3.8) is 0 Å². The smallest absolute Gasteiger partial charge is 0.253 e. The van der Waals surface area contributed by atoms with Gasteiger partial charge in [-0.1, -0.05) is 0 Å². The number of nitrogens with two attached hydrogens (primary N) is 1. The number of likely N-dealkylation sites (tertiary alicyclic amines) is 1. The standard InChI is InChI=1S/C15H19FN2O3/c1-2-21-13-4-3-11(9-12(13)16)15(20)18-7-5-10(6-8-18)14(17)19/h3-4,9-10H,2,5-8H2,1H3,(H2,17,19). The van der Waals surface area contributed by atoms with Crippen molar-refractivity contribution >= 4 is 11.8 Å². The van der Waals surface area contributed by atoms with Gasteiger partial charge in [0.2, 0.25) is 5.91 Å². The van der Waals surface area contributed by atoms with E-state index in [2.05, 4.69) is 0 Å². The minimum atomic E-state index is -0.547. The molecule has 1 heterocycles. The largest absolute Gasteiger partial charge is 0.491 e. The molecule has 0 bridgehead atoms. The van der Waals surface area contributed by atoms with Crippen LogP contribution < -0.4 is 10.5 Å². The quantitative estimate of drug-likeness (QED) is 0.916. The first-order chi connectivity index (χ1) is 10.0. The molecule has 2 N–H and O–H groups in total. The monoisotopic (exact) mass is 294 g/mol. The lowest BCUT2D eigenvalue weighted by Gasteiger charge is -2.30. The number of nitrogens with zero attached hydrogens (tertiary/aromatic N) is 1. The lowest BCUT2D eigenvalue weighted by Crippen LogP contribution is -2.41. The zero-order valence-electron chi connectivity index (χ0n) is 12.0. The minimum Gasteiger partial charge on any atom is -0.491 e. The highest BCUT2D eigenvalue weighted by Crippen LogP contribution is 2.22. The van der Waals surface area contributed by atoms with Crippen LogP contribution in [0.25, 0.3) is 0 Å². The second kappa shape index (κ2) is 6.56. The Kier molecular flexibility index (Phi) is 4.77. The molecule has 1 fully saturated rings. The Hall–Kier alpha value is -2.11. The molecule has 0 unspecified atom stereocenters. The maximum atomic E-state index is 13.8. The van der Waals surface area contributed by atoms with Gasteiger partial charge in [-0.2, -0.15) is 0 Å². The maximum absolute atomic E-state index is 13.8. The molecule has 0 atom stereocenters. The molecule has 0 saturated carbocycles. The number of halogens is 1. The second-order valence-corrected chi connectivity index (χ2v) is 5.05. The van der Waals surface area contributed by atoms with Crippen molar-refractivity contribution in [3.8, 4) is 5.75 Å². The van der Waals surface area contributed by atoms with Gasteiger partial charge in [-0.3, -0.25) is 9.59 Å². The molecule has 0 aromatic heterocycles. The van der Waals surface area contributed by atoms with E-state index in [9.17, 15) is 14.0 Å². The van der Waals surface area contributed by atoms with E-state index in [1.807, 2.05) is 0 Å². The first-order valence-corrected chi connectivity index (χ1v) is 7.04. The zero-order chi connectivity index (χ0) is 15.4. The number of piperidine rings is 1. The highest BCUT2D eigenvalue weighted by molar-refractivity contribution is 5.94. The molecule has 1 aromatic carbocycles. The van der Waals surface area contributed by atoms with E-state index in [1.165, 1.54) is 12.1 Å². The van der Waals surface area contributed by atoms with Gasteiger partial charge in [0.05, 0.1) is 6.61 Å². The van der Waals surface area contributed by atoms with Crippen LogP contribution >= 0.6 is 0 Å². The molecule has 1 saturated heterocycles. The van der Waals surface area contributed by atoms with E-state index in [4.69, 9.17) is 10.5 Å². The summed E-state index contributed by atoms with van der Waals surface area (Å²) in [4.78, 5) is 25.0. The molecule has 0 radical (unpaired) electrons. The number of rotatable bonds is 4. The van der Waals surface area contributed by atoms with Crippen LogP contribution in [0, 0.1) is 11.7 Å². The van der Waals surface area contributed by atoms with E-state index in [-0.39, 0.29) is 29.0 Å². The fraction of sp³-hybridized carbons (Fsp3) is 0.467. The third-order valence-corrected chi connectivity index (χ3v) is 3.66. The van der Waals surface area contributed by atoms with Crippen LogP contribution in [0.5, 0.6) is 5.75 Å². The van der Waals surface area contributed by atoms with Crippen molar-refractivity contribution < 1.29 is 18.7 Å². The van der Waals surface area contributed by atoms with Crippen LogP contribution in [0.3, 0.4) is 0 Å². The molecule has 5 nitrogen and oxygen atoms in total. The molecular weight excluding hydrogens is 275 g/mol. The van der Waals surface area contributed by atoms with Gasteiger partial charge in [0.1, 0.15) is 0 Å². The Morgan fingerprint density at radius 2 is 2.05 bits per heavy atom. The third kappa shape index (κ3) is 3.51. The number of ether oxygens (including phenoxy) is 1. The van der Waals surface area contributed by atoms with Gasteiger partial charge >= 0.3 is 0 Å². The van der Waals surface area contributed by atoms with Crippen molar-refractivity contribution in [3.05, 3.63) is 29.6 Å². The third-order valence-electron chi connectivity index (χ3n) is 3.66. The fourth-order valence-electron chi connectivity index (χ4n) is 2.46. The summed E-state index contributed by atoms with van der Waals surface area (Å²) >= 11 is 0. The predicted octanol–water partition coefficient (Wildman–Crippen LogP) is 1.56. The summed E-state index contributed by atoms with van der Waals surface area (Å²) in [6.45, 7) is 3.05. The molecule has 0 spiro atoms. The van der Waals surface area contributed by atoms with E-state index < -0.39 is 5.82 Å². The van der Waals surface area contributed by atoms with Crippen LogP contribution in [-0.4, -0.2) is 36.4 Å². The van der Waals surface area contributed by atoms with Crippen molar-refractivity contribution in [1.82, 2.24) is 4.90 Å². The summed E-state index contributed by atoms with van der Waals surface area (Å²) in [5, 5.41) is 0. The number of benzene rings is 1. The van der Waals surface area contributed by atoms with Crippen LogP contribution in [0.4, 0.5) is 4.39 Å². The number of hydrogen-bond donors (Lipinski definition) is 1. The Morgan fingerprint density at radius 3 is 2.57 bits per heavy atom. The van der Waals surface area contributed by atoms with Gasteiger partial charge in [-0.15, -0.1) is 0 Å². The molecule has 2 rings (SSSR count). The summed E-state index contributed by atoms with van der Waals surface area (Å²) in [6.07, 6.45) is 1.11. The average Bonchev–Trinajstić information content (AvgIpc) is 2.49. The van der Waals surface area contributed by atoms with Crippen molar-refractivity contribution in [1.29, 1.82) is 0 Å². The number of primary amides is 1. The normalized spacial score (nSPS) is 15.8. The number of hydrogen-bond acceptors (Lipinski definition) is 3. The molecule has 6 heteroatoms.